The van der Waals surface area contributed by atoms with Crippen molar-refractivity contribution in [1.82, 2.24) is 5.43 Å². The second kappa shape index (κ2) is 9.39. The number of anilines is 1. The Hall–Kier alpha value is -2.57. The van der Waals surface area contributed by atoms with Gasteiger partial charge < -0.3 is 10.4 Å². The summed E-state index contributed by atoms with van der Waals surface area (Å²) >= 11 is 11.7. The molecule has 2 rings (SSSR count). The van der Waals surface area contributed by atoms with Crippen LogP contribution in [0.5, 0.6) is 5.75 Å². The van der Waals surface area contributed by atoms with Crippen LogP contribution >= 0.6 is 23.2 Å². The molecule has 0 saturated heterocycles. The minimum atomic E-state index is -0.435. The first-order chi connectivity index (χ1) is 12.8. The molecule has 0 aliphatic carbocycles. The van der Waals surface area contributed by atoms with Crippen LogP contribution in [0, 0.1) is 13.8 Å². The lowest BCUT2D eigenvalue weighted by atomic mass is 10.1. The number of aryl methyl sites for hydroxylation is 2. The highest BCUT2D eigenvalue weighted by Crippen LogP contribution is 2.29. The Morgan fingerprint density at radius 2 is 1.81 bits per heavy atom. The summed E-state index contributed by atoms with van der Waals surface area (Å²) in [4.78, 5) is 23.8. The molecule has 0 aliphatic heterocycles. The molecular formula is C19H19Cl2N3O3. The molecule has 2 aromatic rings. The number of halogens is 2. The fourth-order valence-electron chi connectivity index (χ4n) is 2.22. The second-order valence-corrected chi connectivity index (χ2v) is 6.83. The quantitative estimate of drug-likeness (QED) is 0.495. The van der Waals surface area contributed by atoms with Gasteiger partial charge in [-0.2, -0.15) is 5.10 Å². The van der Waals surface area contributed by atoms with E-state index in [1.165, 1.54) is 18.3 Å². The summed E-state index contributed by atoms with van der Waals surface area (Å²) in [6, 6.07) is 8.60. The average molecular weight is 408 g/mol. The Kier molecular flexibility index (Phi) is 7.21. The van der Waals surface area contributed by atoms with Gasteiger partial charge in [0, 0.05) is 29.1 Å². The number of rotatable bonds is 6. The number of phenolic OH excluding ortho intramolecular Hbond substituents is 1. The zero-order valence-corrected chi connectivity index (χ0v) is 16.4. The molecule has 2 aromatic carbocycles. The largest absolute Gasteiger partial charge is 0.506 e. The molecule has 0 heterocycles. The fraction of sp³-hybridized carbons (Fsp3) is 0.211. The van der Waals surface area contributed by atoms with E-state index < -0.39 is 5.91 Å². The van der Waals surface area contributed by atoms with Gasteiger partial charge in [-0.15, -0.1) is 0 Å². The van der Waals surface area contributed by atoms with Gasteiger partial charge in [-0.1, -0.05) is 35.3 Å². The first-order valence-electron chi connectivity index (χ1n) is 8.13. The number of benzene rings is 2. The van der Waals surface area contributed by atoms with Gasteiger partial charge in [0.15, 0.2) is 0 Å². The summed E-state index contributed by atoms with van der Waals surface area (Å²) in [6.45, 7) is 3.83. The highest BCUT2D eigenvalue weighted by atomic mass is 35.5. The van der Waals surface area contributed by atoms with Crippen LogP contribution < -0.4 is 10.7 Å². The van der Waals surface area contributed by atoms with E-state index in [1.54, 1.807) is 0 Å². The molecule has 0 spiro atoms. The molecule has 0 atom stereocenters. The number of nitrogens with one attached hydrogen (secondary N) is 2. The standard InChI is InChI=1S/C19H19Cl2N3O3/c1-11-3-4-12(2)16(7-11)23-17(25)5-6-18(26)24-22-10-13-8-14(20)9-15(21)19(13)27/h3-4,7-10,27H,5-6H2,1-2H3,(H,23,25)(H,24,26). The third kappa shape index (κ3) is 6.27. The van der Waals surface area contributed by atoms with E-state index in [0.29, 0.717) is 5.02 Å². The summed E-state index contributed by atoms with van der Waals surface area (Å²) in [5, 5.41) is 16.7. The molecule has 2 amide bonds. The van der Waals surface area contributed by atoms with Gasteiger partial charge in [0.05, 0.1) is 11.2 Å². The van der Waals surface area contributed by atoms with Crippen LogP contribution in [-0.4, -0.2) is 23.1 Å². The van der Waals surface area contributed by atoms with Crippen LogP contribution in [-0.2, 0) is 9.59 Å². The van der Waals surface area contributed by atoms with Gasteiger partial charge in [-0.05, 0) is 43.2 Å². The van der Waals surface area contributed by atoms with Crippen molar-refractivity contribution in [2.75, 3.05) is 5.32 Å². The van der Waals surface area contributed by atoms with Crippen LogP contribution in [0.15, 0.2) is 35.4 Å². The van der Waals surface area contributed by atoms with Crippen LogP contribution in [0.25, 0.3) is 0 Å². The van der Waals surface area contributed by atoms with E-state index in [9.17, 15) is 14.7 Å². The first-order valence-corrected chi connectivity index (χ1v) is 8.89. The molecule has 3 N–H and O–H groups in total. The van der Waals surface area contributed by atoms with Crippen molar-refractivity contribution in [3.8, 4) is 5.75 Å². The first kappa shape index (κ1) is 20.7. The third-order valence-electron chi connectivity index (χ3n) is 3.70. The summed E-state index contributed by atoms with van der Waals surface area (Å²) in [5.74, 6) is -0.885. The topological polar surface area (TPSA) is 90.8 Å². The zero-order valence-electron chi connectivity index (χ0n) is 14.8. The third-order valence-corrected chi connectivity index (χ3v) is 4.20. The van der Waals surface area contributed by atoms with Gasteiger partial charge in [-0.25, -0.2) is 5.43 Å². The van der Waals surface area contributed by atoms with Gasteiger partial charge in [0.1, 0.15) is 5.75 Å². The predicted octanol–water partition coefficient (Wildman–Crippen LogP) is 4.18. The number of carbonyl (C=O) groups excluding carboxylic acids is 2. The smallest absolute Gasteiger partial charge is 0.240 e. The summed E-state index contributed by atoms with van der Waals surface area (Å²) in [6.07, 6.45) is 1.21. The van der Waals surface area contributed by atoms with Crippen molar-refractivity contribution in [3.63, 3.8) is 0 Å². The van der Waals surface area contributed by atoms with Crippen LogP contribution in [0.2, 0.25) is 10.0 Å². The summed E-state index contributed by atoms with van der Waals surface area (Å²) in [7, 11) is 0. The Bertz CT molecular complexity index is 898. The van der Waals surface area contributed by atoms with E-state index >= 15 is 0 Å². The highest BCUT2D eigenvalue weighted by Gasteiger charge is 2.09. The lowest BCUT2D eigenvalue weighted by Gasteiger charge is -2.09. The molecule has 0 bridgehead atoms. The molecule has 0 saturated carbocycles. The van der Waals surface area contributed by atoms with E-state index in [1.807, 2.05) is 32.0 Å². The van der Waals surface area contributed by atoms with Crippen LogP contribution in [0.3, 0.4) is 0 Å². The van der Waals surface area contributed by atoms with E-state index in [0.717, 1.165) is 16.8 Å². The number of nitrogens with zero attached hydrogens (tertiary/aromatic N) is 1. The maximum Gasteiger partial charge on any atom is 0.240 e. The molecular weight excluding hydrogens is 389 g/mol. The van der Waals surface area contributed by atoms with Gasteiger partial charge in [0.2, 0.25) is 11.8 Å². The van der Waals surface area contributed by atoms with Crippen LogP contribution in [0.4, 0.5) is 5.69 Å². The van der Waals surface area contributed by atoms with Crippen LogP contribution in [0.1, 0.15) is 29.5 Å². The molecule has 8 heteroatoms. The maximum atomic E-state index is 12.0. The number of aromatic hydroxyl groups is 1. The number of phenols is 1. The minimum Gasteiger partial charge on any atom is -0.506 e. The molecule has 0 fully saturated rings. The molecule has 0 radical (unpaired) electrons. The Morgan fingerprint density at radius 1 is 1.11 bits per heavy atom. The van der Waals surface area contributed by atoms with Gasteiger partial charge in [0.25, 0.3) is 0 Å². The Balaban J connectivity index is 1.84. The SMILES string of the molecule is Cc1ccc(C)c(NC(=O)CCC(=O)NN=Cc2cc(Cl)cc(Cl)c2O)c1. The molecule has 6 nitrogen and oxygen atoms in total. The van der Waals surface area contributed by atoms with E-state index in [-0.39, 0.29) is 35.1 Å². The molecule has 0 aliphatic rings. The fourth-order valence-corrected chi connectivity index (χ4v) is 2.73. The lowest BCUT2D eigenvalue weighted by molar-refractivity contribution is -0.124. The van der Waals surface area contributed by atoms with Crippen molar-refractivity contribution in [2.45, 2.75) is 26.7 Å². The van der Waals surface area contributed by atoms with E-state index in [4.69, 9.17) is 23.2 Å². The Morgan fingerprint density at radius 3 is 2.56 bits per heavy atom. The minimum absolute atomic E-state index is 0.0168. The van der Waals surface area contributed by atoms with Crippen molar-refractivity contribution >= 4 is 46.9 Å². The second-order valence-electron chi connectivity index (χ2n) is 5.99. The molecule has 0 unspecified atom stereocenters. The lowest BCUT2D eigenvalue weighted by Crippen LogP contribution is -2.21. The highest BCUT2D eigenvalue weighted by molar-refractivity contribution is 6.36. The number of carbonyl (C=O) groups is 2. The van der Waals surface area contributed by atoms with Gasteiger partial charge >= 0.3 is 0 Å². The molecule has 27 heavy (non-hydrogen) atoms. The monoisotopic (exact) mass is 407 g/mol. The number of hydrogen-bond acceptors (Lipinski definition) is 4. The average Bonchev–Trinajstić information content (AvgIpc) is 2.60. The molecule has 142 valence electrons. The summed E-state index contributed by atoms with van der Waals surface area (Å²) < 4.78 is 0. The Labute approximate surface area is 167 Å². The molecule has 0 aromatic heterocycles. The van der Waals surface area contributed by atoms with Crippen molar-refractivity contribution in [2.24, 2.45) is 5.10 Å². The van der Waals surface area contributed by atoms with Crippen molar-refractivity contribution in [1.29, 1.82) is 0 Å². The predicted molar refractivity (Wildman–Crippen MR) is 108 cm³/mol. The van der Waals surface area contributed by atoms with Crippen molar-refractivity contribution in [3.05, 3.63) is 57.1 Å². The summed E-state index contributed by atoms with van der Waals surface area (Å²) in [5.41, 5.74) is 5.26. The normalized spacial score (nSPS) is 10.8. The van der Waals surface area contributed by atoms with Crippen molar-refractivity contribution < 1.29 is 14.7 Å². The van der Waals surface area contributed by atoms with E-state index in [2.05, 4.69) is 15.8 Å². The number of hydrazone groups is 1. The maximum absolute atomic E-state index is 12.0. The zero-order chi connectivity index (χ0) is 20.0. The van der Waals surface area contributed by atoms with Gasteiger partial charge in [-0.3, -0.25) is 9.59 Å². The number of amides is 2. The number of hydrogen-bond donors (Lipinski definition) is 3.